The predicted octanol–water partition coefficient (Wildman–Crippen LogP) is 2.84. The second-order valence-electron chi connectivity index (χ2n) is 7.23. The van der Waals surface area contributed by atoms with Crippen LogP contribution in [0.5, 0.6) is 0 Å². The van der Waals surface area contributed by atoms with Crippen LogP contribution in [-0.2, 0) is 24.9 Å². The minimum Gasteiger partial charge on any atom is -0.454 e. The van der Waals surface area contributed by atoms with E-state index in [-0.39, 0.29) is 12.2 Å². The van der Waals surface area contributed by atoms with Crippen LogP contribution in [0.15, 0.2) is 65.7 Å². The third-order valence-corrected chi connectivity index (χ3v) is 5.55. The Kier molecular flexibility index (Phi) is 4.95. The van der Waals surface area contributed by atoms with Crippen LogP contribution in [0.3, 0.4) is 0 Å². The molecule has 3 heterocycles. The van der Waals surface area contributed by atoms with E-state index in [1.54, 1.807) is 46.6 Å². The smallest absolute Gasteiger partial charge is 0.341 e. The molecule has 2 aromatic carbocycles. The molecule has 32 heavy (non-hydrogen) atoms. The molecule has 0 aliphatic heterocycles. The van der Waals surface area contributed by atoms with Crippen molar-refractivity contribution in [2.24, 2.45) is 7.05 Å². The summed E-state index contributed by atoms with van der Waals surface area (Å²) in [6.45, 7) is 0.319. The van der Waals surface area contributed by atoms with Gasteiger partial charge in [0.25, 0.3) is 5.56 Å². The molecular weight excluding hydrogens is 432 g/mol. The molecule has 0 spiro atoms. The first-order chi connectivity index (χ1) is 15.5. The van der Waals surface area contributed by atoms with Crippen molar-refractivity contribution in [3.8, 4) is 0 Å². The zero-order valence-corrected chi connectivity index (χ0v) is 17.7. The van der Waals surface area contributed by atoms with Gasteiger partial charge in [-0.3, -0.25) is 18.4 Å². The Morgan fingerprint density at radius 2 is 1.88 bits per heavy atom. The van der Waals surface area contributed by atoms with Gasteiger partial charge in [-0.15, -0.1) is 10.2 Å². The molecule has 0 radical (unpaired) electrons. The summed E-state index contributed by atoms with van der Waals surface area (Å²) in [5.41, 5.74) is 1.68. The van der Waals surface area contributed by atoms with Crippen molar-refractivity contribution in [3.05, 3.63) is 93.3 Å². The lowest BCUT2D eigenvalue weighted by atomic mass is 10.2. The van der Waals surface area contributed by atoms with Gasteiger partial charge in [0, 0.05) is 18.3 Å². The summed E-state index contributed by atoms with van der Waals surface area (Å²) in [5.74, 6) is 0.234. The van der Waals surface area contributed by atoms with Crippen molar-refractivity contribution in [1.82, 2.24) is 28.9 Å². The number of esters is 1. The highest BCUT2D eigenvalue weighted by Crippen LogP contribution is 2.17. The summed E-state index contributed by atoms with van der Waals surface area (Å²) in [4.78, 5) is 25.1. The summed E-state index contributed by atoms with van der Waals surface area (Å²) in [5, 5.41) is 13.6. The number of ether oxygens (including phenoxy) is 1. The van der Waals surface area contributed by atoms with Gasteiger partial charge < -0.3 is 4.74 Å². The van der Waals surface area contributed by atoms with E-state index in [1.165, 1.54) is 10.8 Å². The molecular formula is C22H17ClN6O3. The normalized spacial score (nSPS) is 11.3. The van der Waals surface area contributed by atoms with Gasteiger partial charge in [0.15, 0.2) is 12.4 Å². The van der Waals surface area contributed by atoms with Gasteiger partial charge >= 0.3 is 5.97 Å². The standard InChI is InChI=1S/C22H17ClN6O3/c1-27-20(30)16-7-3-5-9-18(16)29-19(25-26-22(27)29)13-32-21(31)15-10-24-28(12-15)11-14-6-2-4-8-17(14)23/h2-10,12H,11,13H2,1H3. The molecule has 0 bridgehead atoms. The van der Waals surface area contributed by atoms with Crippen LogP contribution < -0.4 is 5.56 Å². The zero-order chi connectivity index (χ0) is 22.2. The minimum atomic E-state index is -0.540. The number of halogens is 1. The van der Waals surface area contributed by atoms with E-state index in [9.17, 15) is 9.59 Å². The summed E-state index contributed by atoms with van der Waals surface area (Å²) >= 11 is 6.19. The van der Waals surface area contributed by atoms with Crippen LogP contribution in [-0.4, -0.2) is 34.9 Å². The molecule has 9 nitrogen and oxygen atoms in total. The molecule has 0 saturated carbocycles. The molecule has 0 fully saturated rings. The van der Waals surface area contributed by atoms with Crippen LogP contribution in [0, 0.1) is 0 Å². The topological polar surface area (TPSA) is 96.3 Å². The molecule has 5 aromatic rings. The molecule has 0 amide bonds. The van der Waals surface area contributed by atoms with E-state index >= 15 is 0 Å². The highest BCUT2D eigenvalue weighted by atomic mass is 35.5. The first-order valence-corrected chi connectivity index (χ1v) is 10.2. The molecule has 0 aliphatic carbocycles. The van der Waals surface area contributed by atoms with Gasteiger partial charge in [0.05, 0.1) is 29.2 Å². The number of nitrogens with zero attached hydrogens (tertiary/aromatic N) is 6. The van der Waals surface area contributed by atoms with Gasteiger partial charge in [-0.05, 0) is 23.8 Å². The summed E-state index contributed by atoms with van der Waals surface area (Å²) in [7, 11) is 1.63. The molecule has 0 unspecified atom stereocenters. The van der Waals surface area contributed by atoms with Crippen molar-refractivity contribution in [2.75, 3.05) is 0 Å². The van der Waals surface area contributed by atoms with E-state index in [0.29, 0.717) is 39.6 Å². The van der Waals surface area contributed by atoms with E-state index in [0.717, 1.165) is 5.56 Å². The monoisotopic (exact) mass is 448 g/mol. The van der Waals surface area contributed by atoms with Crippen LogP contribution in [0.1, 0.15) is 21.7 Å². The fraction of sp³-hybridized carbons (Fsp3) is 0.136. The number of carbonyl (C=O) groups is 1. The summed E-state index contributed by atoms with van der Waals surface area (Å²) < 4.78 is 10.2. The number of benzene rings is 2. The zero-order valence-electron chi connectivity index (χ0n) is 17.0. The predicted molar refractivity (Wildman–Crippen MR) is 118 cm³/mol. The lowest BCUT2D eigenvalue weighted by molar-refractivity contribution is 0.0461. The first-order valence-electron chi connectivity index (χ1n) is 9.77. The number of fused-ring (bicyclic) bond motifs is 3. The Balaban J connectivity index is 1.38. The van der Waals surface area contributed by atoms with Crippen LogP contribution in [0.4, 0.5) is 0 Å². The second kappa shape index (κ2) is 7.93. The Morgan fingerprint density at radius 3 is 2.72 bits per heavy atom. The minimum absolute atomic E-state index is 0.113. The van der Waals surface area contributed by atoms with E-state index in [2.05, 4.69) is 15.3 Å². The average molecular weight is 449 g/mol. The van der Waals surface area contributed by atoms with Gasteiger partial charge in [-0.25, -0.2) is 4.79 Å². The molecule has 0 N–H and O–H groups in total. The highest BCUT2D eigenvalue weighted by Gasteiger charge is 2.17. The highest BCUT2D eigenvalue weighted by molar-refractivity contribution is 6.31. The van der Waals surface area contributed by atoms with Crippen molar-refractivity contribution >= 4 is 34.3 Å². The lowest BCUT2D eigenvalue weighted by Gasteiger charge is -2.08. The van der Waals surface area contributed by atoms with Crippen molar-refractivity contribution in [3.63, 3.8) is 0 Å². The molecule has 0 aliphatic rings. The quantitative estimate of drug-likeness (QED) is 0.383. The van der Waals surface area contributed by atoms with E-state index in [4.69, 9.17) is 16.3 Å². The number of aryl methyl sites for hydroxylation is 1. The maximum atomic E-state index is 12.6. The van der Waals surface area contributed by atoms with Crippen molar-refractivity contribution in [1.29, 1.82) is 0 Å². The van der Waals surface area contributed by atoms with Gasteiger partial charge in [-0.1, -0.05) is 41.9 Å². The number of aromatic nitrogens is 6. The van der Waals surface area contributed by atoms with Gasteiger partial charge in [0.2, 0.25) is 5.78 Å². The van der Waals surface area contributed by atoms with Crippen LogP contribution in [0.2, 0.25) is 5.02 Å². The maximum absolute atomic E-state index is 12.6. The molecule has 3 aromatic heterocycles. The third-order valence-electron chi connectivity index (χ3n) is 5.18. The Bertz CT molecular complexity index is 1530. The second-order valence-corrected chi connectivity index (χ2v) is 7.63. The SMILES string of the molecule is Cn1c(=O)c2ccccc2n2c(COC(=O)c3cnn(Cc4ccccc4Cl)c3)nnc12. The van der Waals surface area contributed by atoms with Crippen LogP contribution in [0.25, 0.3) is 16.7 Å². The molecule has 5 rings (SSSR count). The fourth-order valence-electron chi connectivity index (χ4n) is 3.56. The van der Waals surface area contributed by atoms with Crippen molar-refractivity contribution < 1.29 is 9.53 Å². The summed E-state index contributed by atoms with van der Waals surface area (Å²) in [6.07, 6.45) is 3.05. The summed E-state index contributed by atoms with van der Waals surface area (Å²) in [6, 6.07) is 14.6. The molecule has 10 heteroatoms. The largest absolute Gasteiger partial charge is 0.454 e. The number of hydrogen-bond donors (Lipinski definition) is 0. The Labute approximate surface area is 186 Å². The Hall–Kier alpha value is -3.98. The number of para-hydroxylation sites is 1. The lowest BCUT2D eigenvalue weighted by Crippen LogP contribution is -2.20. The molecule has 0 saturated heterocycles. The average Bonchev–Trinajstić information content (AvgIpc) is 3.45. The van der Waals surface area contributed by atoms with E-state index in [1.807, 2.05) is 24.3 Å². The van der Waals surface area contributed by atoms with Crippen molar-refractivity contribution in [2.45, 2.75) is 13.2 Å². The Morgan fingerprint density at radius 1 is 1.09 bits per heavy atom. The number of hydrogen-bond acceptors (Lipinski definition) is 6. The number of carbonyl (C=O) groups excluding carboxylic acids is 1. The van der Waals surface area contributed by atoms with E-state index < -0.39 is 5.97 Å². The van der Waals surface area contributed by atoms with Gasteiger partial charge in [0.1, 0.15) is 0 Å². The fourth-order valence-corrected chi connectivity index (χ4v) is 3.75. The van der Waals surface area contributed by atoms with Gasteiger partial charge in [-0.2, -0.15) is 5.10 Å². The van der Waals surface area contributed by atoms with Crippen LogP contribution >= 0.6 is 11.6 Å². The number of rotatable bonds is 5. The first kappa shape index (κ1) is 20.0. The molecule has 0 atom stereocenters. The maximum Gasteiger partial charge on any atom is 0.341 e. The third kappa shape index (κ3) is 3.42. The molecule has 160 valence electrons.